The van der Waals surface area contributed by atoms with Crippen molar-refractivity contribution >= 4 is 0 Å². The van der Waals surface area contributed by atoms with Crippen molar-refractivity contribution in [2.45, 2.75) is 133 Å². The van der Waals surface area contributed by atoms with E-state index in [0.717, 1.165) is 0 Å². The van der Waals surface area contributed by atoms with Crippen molar-refractivity contribution in [3.05, 3.63) is 105 Å². The standard InChI is InChI=1S/C30H50.C8H10/c1-25(2)15-11-19-29(7)23-13-21-27(5)17-9-10-18-28(6)22-14-24-30(8)20-12-16-26(3)4;1-7-5-3-4-6-8(7)2/h15-18,23-24H,9-14,19-22H2,1-8H3;3-6H,1-2H3/b27-17+,28-18+,29-23+,30-24+;. The van der Waals surface area contributed by atoms with Crippen LogP contribution in [-0.4, -0.2) is 0 Å². The van der Waals surface area contributed by atoms with Crippen molar-refractivity contribution in [2.75, 3.05) is 0 Å². The molecule has 0 spiro atoms. The first kappa shape index (κ1) is 35.7. The fraction of sp³-hybridized carbons (Fsp3) is 0.526. The second kappa shape index (κ2) is 22.6. The van der Waals surface area contributed by atoms with Gasteiger partial charge in [0.25, 0.3) is 0 Å². The maximum absolute atomic E-state index is 2.43. The number of allylic oxidation sites excluding steroid dienone is 12. The molecule has 0 radical (unpaired) electrons. The Kier molecular flexibility index (Phi) is 21.2. The van der Waals surface area contributed by atoms with Crippen LogP contribution in [0.3, 0.4) is 0 Å². The molecule has 0 saturated carbocycles. The summed E-state index contributed by atoms with van der Waals surface area (Å²) in [5, 5.41) is 0. The van der Waals surface area contributed by atoms with Crippen molar-refractivity contribution in [2.24, 2.45) is 0 Å². The molecule has 0 amide bonds. The van der Waals surface area contributed by atoms with E-state index in [1.807, 2.05) is 0 Å². The molecule has 0 fully saturated rings. The van der Waals surface area contributed by atoms with Crippen LogP contribution in [0.1, 0.15) is 131 Å². The molecule has 0 nitrogen and oxygen atoms in total. The lowest BCUT2D eigenvalue weighted by molar-refractivity contribution is 0.896. The van der Waals surface area contributed by atoms with Crippen LogP contribution in [0.15, 0.2) is 94.2 Å². The molecule has 0 aliphatic rings. The van der Waals surface area contributed by atoms with Gasteiger partial charge in [0.05, 0.1) is 0 Å². The maximum atomic E-state index is 2.43. The molecule has 0 unspecified atom stereocenters. The summed E-state index contributed by atoms with van der Waals surface area (Å²) in [4.78, 5) is 0. The summed E-state index contributed by atoms with van der Waals surface area (Å²) in [5.74, 6) is 0. The summed E-state index contributed by atoms with van der Waals surface area (Å²) < 4.78 is 0. The molecule has 0 aliphatic heterocycles. The Morgan fingerprint density at radius 2 is 0.684 bits per heavy atom. The van der Waals surface area contributed by atoms with E-state index in [1.54, 1.807) is 0 Å². The van der Waals surface area contributed by atoms with Crippen LogP contribution >= 0.6 is 0 Å². The fourth-order valence-electron chi connectivity index (χ4n) is 4.00. The molecule has 0 heterocycles. The van der Waals surface area contributed by atoms with E-state index in [2.05, 4.69) is 130 Å². The van der Waals surface area contributed by atoms with Gasteiger partial charge in [-0.05, 0) is 145 Å². The van der Waals surface area contributed by atoms with Gasteiger partial charge in [0.2, 0.25) is 0 Å². The molecule has 0 bridgehead atoms. The molecule has 1 aromatic rings. The number of rotatable bonds is 15. The predicted molar refractivity (Wildman–Crippen MR) is 176 cm³/mol. The van der Waals surface area contributed by atoms with Gasteiger partial charge >= 0.3 is 0 Å². The third-order valence-corrected chi connectivity index (χ3v) is 6.82. The van der Waals surface area contributed by atoms with Crippen molar-refractivity contribution < 1.29 is 0 Å². The zero-order valence-electron chi connectivity index (χ0n) is 26.8. The van der Waals surface area contributed by atoms with Gasteiger partial charge in [0, 0.05) is 0 Å². The minimum Gasteiger partial charge on any atom is -0.0856 e. The molecule has 0 heteroatoms. The number of benzene rings is 1. The summed E-state index contributed by atoms with van der Waals surface area (Å²) in [5.41, 5.74) is 11.7. The summed E-state index contributed by atoms with van der Waals surface area (Å²) >= 11 is 0. The van der Waals surface area contributed by atoms with Crippen LogP contribution in [0.2, 0.25) is 0 Å². The Labute approximate surface area is 238 Å². The highest BCUT2D eigenvalue weighted by molar-refractivity contribution is 5.23. The van der Waals surface area contributed by atoms with E-state index >= 15 is 0 Å². The van der Waals surface area contributed by atoms with Crippen molar-refractivity contribution in [3.63, 3.8) is 0 Å². The van der Waals surface area contributed by atoms with Crippen LogP contribution in [0.5, 0.6) is 0 Å². The Balaban J connectivity index is 0.00000144. The van der Waals surface area contributed by atoms with E-state index in [1.165, 1.54) is 109 Å². The zero-order valence-corrected chi connectivity index (χ0v) is 26.8. The molecule has 0 aromatic heterocycles. The van der Waals surface area contributed by atoms with E-state index in [4.69, 9.17) is 0 Å². The molecule has 1 rings (SSSR count). The molecule has 0 atom stereocenters. The smallest absolute Gasteiger partial charge is 0.0288 e. The van der Waals surface area contributed by atoms with Crippen molar-refractivity contribution in [1.29, 1.82) is 0 Å². The Bertz CT molecular complexity index is 869. The summed E-state index contributed by atoms with van der Waals surface area (Å²) in [6.45, 7) is 22.1. The van der Waals surface area contributed by atoms with Crippen LogP contribution in [0.25, 0.3) is 0 Å². The van der Waals surface area contributed by atoms with Gasteiger partial charge in [0.1, 0.15) is 0 Å². The molecular formula is C38H60. The normalized spacial score (nSPS) is 12.6. The molecule has 212 valence electrons. The molecule has 0 aliphatic carbocycles. The fourth-order valence-corrected chi connectivity index (χ4v) is 4.00. The van der Waals surface area contributed by atoms with Crippen molar-refractivity contribution in [1.82, 2.24) is 0 Å². The highest BCUT2D eigenvalue weighted by atomic mass is 14.0. The topological polar surface area (TPSA) is 0 Å². The number of unbranched alkanes of at least 4 members (excludes halogenated alkanes) is 1. The summed E-state index contributed by atoms with van der Waals surface area (Å²) in [7, 11) is 0. The first-order chi connectivity index (χ1) is 18.0. The number of hydrogen-bond donors (Lipinski definition) is 0. The van der Waals surface area contributed by atoms with Gasteiger partial charge in [-0.3, -0.25) is 0 Å². The minimum absolute atomic E-state index is 1.17. The maximum Gasteiger partial charge on any atom is -0.0288 e. The lowest BCUT2D eigenvalue weighted by Crippen LogP contribution is -1.82. The van der Waals surface area contributed by atoms with Gasteiger partial charge in [-0.15, -0.1) is 0 Å². The first-order valence-corrected chi connectivity index (χ1v) is 14.9. The SMILES string of the molecule is CC(C)=CCC/C(C)=C/CC/C(C)=C/CC/C=C(\C)CC/C=C(\C)CCC=C(C)C.Cc1ccccc1C. The highest BCUT2D eigenvalue weighted by Gasteiger charge is 1.94. The first-order valence-electron chi connectivity index (χ1n) is 14.9. The summed E-state index contributed by atoms with van der Waals surface area (Å²) in [6.07, 6.45) is 26.2. The third-order valence-electron chi connectivity index (χ3n) is 6.82. The number of hydrogen-bond acceptors (Lipinski definition) is 0. The molecule has 1 aromatic carbocycles. The van der Waals surface area contributed by atoms with E-state index in [-0.39, 0.29) is 0 Å². The molecule has 38 heavy (non-hydrogen) atoms. The average molecular weight is 517 g/mol. The Morgan fingerprint density at radius 1 is 0.421 bits per heavy atom. The van der Waals surface area contributed by atoms with Gasteiger partial charge in [0.15, 0.2) is 0 Å². The average Bonchev–Trinajstić information content (AvgIpc) is 2.83. The lowest BCUT2D eigenvalue weighted by Gasteiger charge is -2.02. The van der Waals surface area contributed by atoms with Gasteiger partial charge in [-0.1, -0.05) is 94.2 Å². The number of aryl methyl sites for hydroxylation is 2. The van der Waals surface area contributed by atoms with Crippen LogP contribution in [0.4, 0.5) is 0 Å². The van der Waals surface area contributed by atoms with Gasteiger partial charge < -0.3 is 0 Å². The third kappa shape index (κ3) is 22.8. The Hall–Kier alpha value is -2.34. The van der Waals surface area contributed by atoms with E-state index in [0.29, 0.717) is 0 Å². The summed E-state index contributed by atoms with van der Waals surface area (Å²) in [6, 6.07) is 8.36. The van der Waals surface area contributed by atoms with Gasteiger partial charge in [-0.25, -0.2) is 0 Å². The Morgan fingerprint density at radius 3 is 0.947 bits per heavy atom. The van der Waals surface area contributed by atoms with Gasteiger partial charge in [-0.2, -0.15) is 0 Å². The lowest BCUT2D eigenvalue weighted by atomic mass is 10.0. The molecular weight excluding hydrogens is 456 g/mol. The zero-order chi connectivity index (χ0) is 28.8. The van der Waals surface area contributed by atoms with E-state index < -0.39 is 0 Å². The quantitative estimate of drug-likeness (QED) is 0.161. The van der Waals surface area contributed by atoms with Crippen LogP contribution in [-0.2, 0) is 0 Å². The second-order valence-electron chi connectivity index (χ2n) is 11.6. The molecule has 0 saturated heterocycles. The molecule has 0 N–H and O–H groups in total. The predicted octanol–water partition coefficient (Wildman–Crippen LogP) is 12.9. The largest absolute Gasteiger partial charge is 0.0856 e. The van der Waals surface area contributed by atoms with Crippen molar-refractivity contribution in [3.8, 4) is 0 Å². The highest BCUT2D eigenvalue weighted by Crippen LogP contribution is 2.14. The minimum atomic E-state index is 1.17. The van der Waals surface area contributed by atoms with Crippen LogP contribution < -0.4 is 0 Å². The second-order valence-corrected chi connectivity index (χ2v) is 11.6. The van der Waals surface area contributed by atoms with E-state index in [9.17, 15) is 0 Å². The van der Waals surface area contributed by atoms with Crippen LogP contribution in [0, 0.1) is 13.8 Å². The monoisotopic (exact) mass is 516 g/mol.